The summed E-state index contributed by atoms with van der Waals surface area (Å²) in [5, 5.41) is 0. The van der Waals surface area contributed by atoms with Crippen molar-refractivity contribution in [3.63, 3.8) is 0 Å². The van der Waals surface area contributed by atoms with Gasteiger partial charge in [0.1, 0.15) is 5.75 Å². The lowest BCUT2D eigenvalue weighted by Crippen LogP contribution is -2.18. The van der Waals surface area contributed by atoms with Crippen molar-refractivity contribution in [1.29, 1.82) is 0 Å². The highest BCUT2D eigenvalue weighted by Crippen LogP contribution is 2.38. The molecule has 0 saturated heterocycles. The van der Waals surface area contributed by atoms with Crippen LogP contribution in [-0.4, -0.2) is 12.4 Å². The molecule has 0 atom stereocenters. The fourth-order valence-corrected chi connectivity index (χ4v) is 2.58. The smallest absolute Gasteiger partial charge is 0.167 e. The molecule has 1 aliphatic rings. The Morgan fingerprint density at radius 1 is 1.15 bits per heavy atom. The number of fused-ring (bicyclic) bond motifs is 1. The summed E-state index contributed by atoms with van der Waals surface area (Å²) in [6.07, 6.45) is 0.445. The Morgan fingerprint density at radius 3 is 2.65 bits per heavy atom. The van der Waals surface area contributed by atoms with Gasteiger partial charge in [0, 0.05) is 23.0 Å². The third-order valence-electron chi connectivity index (χ3n) is 3.83. The summed E-state index contributed by atoms with van der Waals surface area (Å²) in [6.45, 7) is 4.97. The van der Waals surface area contributed by atoms with Crippen LogP contribution in [0.15, 0.2) is 48.5 Å². The van der Waals surface area contributed by atoms with Crippen LogP contribution in [0.2, 0.25) is 0 Å². The molecule has 0 N–H and O–H groups in total. The molecule has 1 heterocycles. The molecule has 0 fully saturated rings. The van der Waals surface area contributed by atoms with Gasteiger partial charge in [0.2, 0.25) is 0 Å². The Hall–Kier alpha value is -2.09. The zero-order valence-electron chi connectivity index (χ0n) is 11.8. The minimum Gasteiger partial charge on any atom is -0.492 e. The van der Waals surface area contributed by atoms with Gasteiger partial charge >= 0.3 is 0 Å². The first-order valence-corrected chi connectivity index (χ1v) is 6.91. The van der Waals surface area contributed by atoms with E-state index in [2.05, 4.69) is 13.8 Å². The summed E-state index contributed by atoms with van der Waals surface area (Å²) < 4.78 is 5.66. The third kappa shape index (κ3) is 2.34. The summed E-state index contributed by atoms with van der Waals surface area (Å²) in [7, 11) is 0. The first kappa shape index (κ1) is 12.9. The normalized spacial score (nSPS) is 15.5. The average molecular weight is 266 g/mol. The van der Waals surface area contributed by atoms with E-state index < -0.39 is 0 Å². The zero-order chi connectivity index (χ0) is 14.2. The highest BCUT2D eigenvalue weighted by molar-refractivity contribution is 5.98. The number of hydrogen-bond acceptors (Lipinski definition) is 2. The van der Waals surface area contributed by atoms with Crippen molar-refractivity contribution in [2.75, 3.05) is 6.61 Å². The van der Waals surface area contributed by atoms with Crippen molar-refractivity contribution in [2.45, 2.75) is 25.7 Å². The molecule has 0 aromatic heterocycles. The Labute approximate surface area is 119 Å². The maximum Gasteiger partial charge on any atom is 0.167 e. The molecular formula is C18H18O2. The van der Waals surface area contributed by atoms with Gasteiger partial charge in [-0.3, -0.25) is 4.79 Å². The number of ketones is 1. The van der Waals surface area contributed by atoms with Gasteiger partial charge in [-0.25, -0.2) is 0 Å². The van der Waals surface area contributed by atoms with E-state index in [4.69, 9.17) is 4.74 Å². The minimum atomic E-state index is -0.0155. The minimum absolute atomic E-state index is 0.0155. The summed E-state index contributed by atoms with van der Waals surface area (Å²) in [5.74, 6) is 1.06. The average Bonchev–Trinajstić information content (AvgIpc) is 2.75. The largest absolute Gasteiger partial charge is 0.492 e. The predicted octanol–water partition coefficient (Wildman–Crippen LogP) is 3.78. The van der Waals surface area contributed by atoms with E-state index in [-0.39, 0.29) is 11.2 Å². The van der Waals surface area contributed by atoms with Gasteiger partial charge in [-0.2, -0.15) is 0 Å². The van der Waals surface area contributed by atoms with Crippen LogP contribution in [-0.2, 0) is 11.8 Å². The molecular weight excluding hydrogens is 248 g/mol. The standard InChI is InChI=1S/C18H18O2/c1-18(2)12-20-17-9-8-14(11-15(17)18)16(19)10-13-6-4-3-5-7-13/h3-9,11H,10,12H2,1-2H3. The van der Waals surface area contributed by atoms with Gasteiger partial charge in [0.25, 0.3) is 0 Å². The van der Waals surface area contributed by atoms with Crippen LogP contribution >= 0.6 is 0 Å². The second-order valence-electron chi connectivity index (χ2n) is 5.97. The molecule has 0 amide bonds. The van der Waals surface area contributed by atoms with Crippen LogP contribution < -0.4 is 4.74 Å². The molecule has 102 valence electrons. The van der Waals surface area contributed by atoms with E-state index in [9.17, 15) is 4.79 Å². The number of Topliss-reactive ketones (excluding diaryl/α,β-unsaturated/α-hetero) is 1. The van der Waals surface area contributed by atoms with E-state index in [1.54, 1.807) is 0 Å². The molecule has 0 spiro atoms. The van der Waals surface area contributed by atoms with Crippen LogP contribution in [0.4, 0.5) is 0 Å². The topological polar surface area (TPSA) is 26.3 Å². The molecule has 1 aliphatic heterocycles. The lowest BCUT2D eigenvalue weighted by atomic mass is 9.85. The van der Waals surface area contributed by atoms with Crippen LogP contribution in [0.3, 0.4) is 0 Å². The van der Waals surface area contributed by atoms with Gasteiger partial charge < -0.3 is 4.74 Å². The summed E-state index contributed by atoms with van der Waals surface area (Å²) in [6, 6.07) is 15.6. The van der Waals surface area contributed by atoms with Gasteiger partial charge in [-0.15, -0.1) is 0 Å². The van der Waals surface area contributed by atoms with Crippen molar-refractivity contribution in [2.24, 2.45) is 0 Å². The molecule has 2 heteroatoms. The Morgan fingerprint density at radius 2 is 1.90 bits per heavy atom. The van der Waals surface area contributed by atoms with Gasteiger partial charge in [-0.05, 0) is 23.8 Å². The number of benzene rings is 2. The number of carbonyl (C=O) groups excluding carboxylic acids is 1. The van der Waals surface area contributed by atoms with Gasteiger partial charge in [0.15, 0.2) is 5.78 Å². The maximum atomic E-state index is 12.4. The van der Waals surface area contributed by atoms with E-state index in [1.807, 2.05) is 48.5 Å². The second-order valence-corrected chi connectivity index (χ2v) is 5.97. The summed E-state index contributed by atoms with van der Waals surface area (Å²) >= 11 is 0. The van der Waals surface area contributed by atoms with Crippen molar-refractivity contribution in [3.8, 4) is 5.75 Å². The maximum absolute atomic E-state index is 12.4. The number of hydrogen-bond donors (Lipinski definition) is 0. The molecule has 2 aromatic carbocycles. The molecule has 0 bridgehead atoms. The van der Waals surface area contributed by atoms with Crippen LogP contribution in [0.1, 0.15) is 35.3 Å². The van der Waals surface area contributed by atoms with Crippen LogP contribution in [0, 0.1) is 0 Å². The van der Waals surface area contributed by atoms with E-state index in [1.165, 1.54) is 0 Å². The van der Waals surface area contributed by atoms with Gasteiger partial charge in [-0.1, -0.05) is 44.2 Å². The van der Waals surface area contributed by atoms with E-state index in [0.717, 1.165) is 22.4 Å². The van der Waals surface area contributed by atoms with Crippen molar-refractivity contribution in [1.82, 2.24) is 0 Å². The van der Waals surface area contributed by atoms with Crippen molar-refractivity contribution in [3.05, 3.63) is 65.2 Å². The Balaban J connectivity index is 1.87. The lowest BCUT2D eigenvalue weighted by molar-refractivity contribution is 0.0993. The molecule has 0 radical (unpaired) electrons. The Bertz CT molecular complexity index is 642. The zero-order valence-corrected chi connectivity index (χ0v) is 11.8. The molecule has 2 aromatic rings. The number of ether oxygens (including phenoxy) is 1. The number of rotatable bonds is 3. The lowest BCUT2D eigenvalue weighted by Gasteiger charge is -2.15. The quantitative estimate of drug-likeness (QED) is 0.790. The van der Waals surface area contributed by atoms with Crippen LogP contribution in [0.25, 0.3) is 0 Å². The fraction of sp³-hybridized carbons (Fsp3) is 0.278. The molecule has 20 heavy (non-hydrogen) atoms. The van der Waals surface area contributed by atoms with E-state index in [0.29, 0.717) is 13.0 Å². The highest BCUT2D eigenvalue weighted by Gasteiger charge is 2.32. The van der Waals surface area contributed by atoms with Gasteiger partial charge in [0.05, 0.1) is 6.61 Å². The fourth-order valence-electron chi connectivity index (χ4n) is 2.58. The second kappa shape index (κ2) is 4.78. The third-order valence-corrected chi connectivity index (χ3v) is 3.83. The van der Waals surface area contributed by atoms with Crippen molar-refractivity contribution >= 4 is 5.78 Å². The molecule has 0 aliphatic carbocycles. The first-order chi connectivity index (χ1) is 9.56. The first-order valence-electron chi connectivity index (χ1n) is 6.91. The summed E-state index contributed by atoms with van der Waals surface area (Å²) in [4.78, 5) is 12.4. The van der Waals surface area contributed by atoms with Crippen molar-refractivity contribution < 1.29 is 9.53 Å². The SMILES string of the molecule is CC1(C)COc2ccc(C(=O)Cc3ccccc3)cc21. The molecule has 3 rings (SSSR count). The molecule has 0 saturated carbocycles. The monoisotopic (exact) mass is 266 g/mol. The van der Waals surface area contributed by atoms with Crippen LogP contribution in [0.5, 0.6) is 5.75 Å². The molecule has 2 nitrogen and oxygen atoms in total. The highest BCUT2D eigenvalue weighted by atomic mass is 16.5. The molecule has 0 unspecified atom stereocenters. The Kier molecular flexibility index (Phi) is 3.09. The number of carbonyl (C=O) groups is 1. The van der Waals surface area contributed by atoms with E-state index >= 15 is 0 Å². The summed E-state index contributed by atoms with van der Waals surface area (Å²) in [5.41, 5.74) is 2.94. The predicted molar refractivity (Wildman–Crippen MR) is 79.4 cm³/mol.